The highest BCUT2D eigenvalue weighted by Gasteiger charge is 2.35. The molecule has 5 nitrogen and oxygen atoms in total. The van der Waals surface area contributed by atoms with Gasteiger partial charge < -0.3 is 5.73 Å². The highest BCUT2D eigenvalue weighted by atomic mass is 32.1. The van der Waals surface area contributed by atoms with Gasteiger partial charge in [0.2, 0.25) is 11.8 Å². The Kier molecular flexibility index (Phi) is 2.70. The molecule has 0 saturated carbocycles. The van der Waals surface area contributed by atoms with E-state index in [2.05, 4.69) is 4.98 Å². The number of hydrogen-bond acceptors (Lipinski definition) is 4. The van der Waals surface area contributed by atoms with Gasteiger partial charge in [0.05, 0.1) is 16.1 Å². The van der Waals surface area contributed by atoms with E-state index in [1.54, 1.807) is 6.07 Å². The summed E-state index contributed by atoms with van der Waals surface area (Å²) in [6.45, 7) is 0.246. The standard InChI is InChI=1S/C12H10FN3O2S/c13-7-1-2-9-8(4-7)15-12(19-9)16-5-6(11(14)18)3-10(16)17/h1-2,4,6H,3,5H2,(H2,14,18). The summed E-state index contributed by atoms with van der Waals surface area (Å²) in [6, 6.07) is 4.29. The molecule has 1 fully saturated rings. The number of carbonyl (C=O) groups excluding carboxylic acids is 2. The molecular weight excluding hydrogens is 269 g/mol. The summed E-state index contributed by atoms with van der Waals surface area (Å²) in [4.78, 5) is 28.6. The summed E-state index contributed by atoms with van der Waals surface area (Å²) in [7, 11) is 0. The third kappa shape index (κ3) is 2.06. The van der Waals surface area contributed by atoms with Crippen LogP contribution in [0.5, 0.6) is 0 Å². The lowest BCUT2D eigenvalue weighted by Gasteiger charge is -2.11. The fourth-order valence-electron chi connectivity index (χ4n) is 2.09. The Bertz CT molecular complexity index is 685. The molecular formula is C12H10FN3O2S. The minimum Gasteiger partial charge on any atom is -0.369 e. The molecule has 0 spiro atoms. The van der Waals surface area contributed by atoms with E-state index in [1.165, 1.54) is 28.4 Å². The van der Waals surface area contributed by atoms with Crippen molar-refractivity contribution in [3.63, 3.8) is 0 Å². The van der Waals surface area contributed by atoms with E-state index < -0.39 is 11.8 Å². The average molecular weight is 279 g/mol. The molecule has 0 aliphatic carbocycles. The largest absolute Gasteiger partial charge is 0.369 e. The van der Waals surface area contributed by atoms with Crippen LogP contribution < -0.4 is 10.6 Å². The van der Waals surface area contributed by atoms with E-state index in [1.807, 2.05) is 0 Å². The molecule has 1 aromatic heterocycles. The number of rotatable bonds is 2. The zero-order valence-corrected chi connectivity index (χ0v) is 10.6. The first kappa shape index (κ1) is 12.0. The monoisotopic (exact) mass is 279 g/mol. The smallest absolute Gasteiger partial charge is 0.229 e. The predicted octanol–water partition coefficient (Wildman–Crippen LogP) is 1.27. The van der Waals surface area contributed by atoms with Crippen LogP contribution in [-0.2, 0) is 9.59 Å². The number of nitrogens with zero attached hydrogens (tertiary/aromatic N) is 2. The number of hydrogen-bond donors (Lipinski definition) is 1. The number of carbonyl (C=O) groups is 2. The Morgan fingerprint density at radius 3 is 3.00 bits per heavy atom. The topological polar surface area (TPSA) is 76.3 Å². The van der Waals surface area contributed by atoms with Crippen molar-refractivity contribution in [3.8, 4) is 0 Å². The van der Waals surface area contributed by atoms with E-state index in [9.17, 15) is 14.0 Å². The number of nitrogens with two attached hydrogens (primary N) is 1. The molecule has 1 aliphatic rings. The van der Waals surface area contributed by atoms with Gasteiger partial charge in [-0.2, -0.15) is 0 Å². The number of anilines is 1. The normalized spacial score (nSPS) is 19.3. The predicted molar refractivity (Wildman–Crippen MR) is 69.2 cm³/mol. The molecule has 1 aliphatic heterocycles. The van der Waals surface area contributed by atoms with Crippen LogP contribution in [0.4, 0.5) is 9.52 Å². The van der Waals surface area contributed by atoms with Crippen LogP contribution in [0.25, 0.3) is 10.2 Å². The van der Waals surface area contributed by atoms with E-state index in [0.717, 1.165) is 4.70 Å². The summed E-state index contributed by atoms with van der Waals surface area (Å²) in [6.07, 6.45) is 0.111. The second kappa shape index (κ2) is 4.27. The van der Waals surface area contributed by atoms with Crippen molar-refractivity contribution in [2.24, 2.45) is 11.7 Å². The molecule has 1 atom stereocenters. The van der Waals surface area contributed by atoms with Crippen LogP contribution in [-0.4, -0.2) is 23.3 Å². The van der Waals surface area contributed by atoms with Gasteiger partial charge in [0.1, 0.15) is 5.82 Å². The zero-order valence-electron chi connectivity index (χ0n) is 9.80. The number of primary amides is 1. The first-order valence-electron chi connectivity index (χ1n) is 5.70. The molecule has 98 valence electrons. The Morgan fingerprint density at radius 1 is 1.53 bits per heavy atom. The molecule has 2 N–H and O–H groups in total. The van der Waals surface area contributed by atoms with Crippen LogP contribution in [0.1, 0.15) is 6.42 Å². The SMILES string of the molecule is NC(=O)C1CC(=O)N(c2nc3cc(F)ccc3s2)C1. The van der Waals surface area contributed by atoms with Gasteiger partial charge in [-0.25, -0.2) is 9.37 Å². The quantitative estimate of drug-likeness (QED) is 0.899. The van der Waals surface area contributed by atoms with Gasteiger partial charge in [0.15, 0.2) is 5.13 Å². The molecule has 2 amide bonds. The fraction of sp³-hybridized carbons (Fsp3) is 0.250. The van der Waals surface area contributed by atoms with Crippen molar-refractivity contribution in [1.29, 1.82) is 0 Å². The molecule has 2 aromatic rings. The fourth-order valence-corrected chi connectivity index (χ4v) is 3.06. The Labute approximate surface area is 111 Å². The van der Waals surface area contributed by atoms with Gasteiger partial charge in [-0.1, -0.05) is 11.3 Å². The number of benzene rings is 1. The molecule has 2 heterocycles. The van der Waals surface area contributed by atoms with Crippen molar-refractivity contribution < 1.29 is 14.0 Å². The van der Waals surface area contributed by atoms with Gasteiger partial charge >= 0.3 is 0 Å². The van der Waals surface area contributed by atoms with Crippen molar-refractivity contribution in [2.45, 2.75) is 6.42 Å². The third-order valence-corrected chi connectivity index (χ3v) is 4.16. The Balaban J connectivity index is 1.96. The van der Waals surface area contributed by atoms with E-state index in [-0.39, 0.29) is 24.7 Å². The Hall–Kier alpha value is -2.02. The van der Waals surface area contributed by atoms with Gasteiger partial charge in [-0.05, 0) is 12.1 Å². The number of thiazole rings is 1. The van der Waals surface area contributed by atoms with Gasteiger partial charge in [-0.3, -0.25) is 14.5 Å². The lowest BCUT2D eigenvalue weighted by molar-refractivity contribution is -0.123. The maximum absolute atomic E-state index is 13.1. The van der Waals surface area contributed by atoms with Crippen molar-refractivity contribution >= 4 is 38.5 Å². The van der Waals surface area contributed by atoms with Crippen LogP contribution in [0.2, 0.25) is 0 Å². The summed E-state index contributed by atoms with van der Waals surface area (Å²) in [5, 5.41) is 0.481. The lowest BCUT2D eigenvalue weighted by Crippen LogP contribution is -2.28. The maximum atomic E-state index is 13.1. The summed E-state index contributed by atoms with van der Waals surface area (Å²) < 4.78 is 13.9. The van der Waals surface area contributed by atoms with E-state index in [0.29, 0.717) is 10.6 Å². The molecule has 19 heavy (non-hydrogen) atoms. The highest BCUT2D eigenvalue weighted by molar-refractivity contribution is 7.22. The maximum Gasteiger partial charge on any atom is 0.229 e. The minimum absolute atomic E-state index is 0.111. The third-order valence-electron chi connectivity index (χ3n) is 3.10. The molecule has 7 heteroatoms. The lowest BCUT2D eigenvalue weighted by atomic mass is 10.1. The van der Waals surface area contributed by atoms with Crippen LogP contribution in [0.3, 0.4) is 0 Å². The van der Waals surface area contributed by atoms with Crippen molar-refractivity contribution in [1.82, 2.24) is 4.98 Å². The Morgan fingerprint density at radius 2 is 2.32 bits per heavy atom. The number of amides is 2. The highest BCUT2D eigenvalue weighted by Crippen LogP contribution is 2.32. The number of halogens is 1. The number of aromatic nitrogens is 1. The molecule has 0 radical (unpaired) electrons. The second-order valence-corrected chi connectivity index (χ2v) is 5.43. The summed E-state index contributed by atoms with van der Waals surface area (Å²) in [5.41, 5.74) is 5.72. The molecule has 1 aromatic carbocycles. The van der Waals surface area contributed by atoms with Crippen LogP contribution in [0.15, 0.2) is 18.2 Å². The van der Waals surface area contributed by atoms with E-state index in [4.69, 9.17) is 5.73 Å². The average Bonchev–Trinajstić information content (AvgIpc) is 2.91. The summed E-state index contributed by atoms with van der Waals surface area (Å²) >= 11 is 1.30. The minimum atomic E-state index is -0.483. The molecule has 0 bridgehead atoms. The molecule has 3 rings (SSSR count). The van der Waals surface area contributed by atoms with Gasteiger partial charge in [0.25, 0.3) is 0 Å². The first-order valence-corrected chi connectivity index (χ1v) is 6.52. The van der Waals surface area contributed by atoms with Crippen LogP contribution >= 0.6 is 11.3 Å². The van der Waals surface area contributed by atoms with Gasteiger partial charge in [0, 0.05) is 19.0 Å². The molecule has 1 unspecified atom stereocenters. The summed E-state index contributed by atoms with van der Waals surface area (Å²) in [5.74, 6) is -1.50. The van der Waals surface area contributed by atoms with E-state index >= 15 is 0 Å². The van der Waals surface area contributed by atoms with Crippen LogP contribution in [0, 0.1) is 11.7 Å². The second-order valence-electron chi connectivity index (χ2n) is 4.42. The van der Waals surface area contributed by atoms with Crippen molar-refractivity contribution in [3.05, 3.63) is 24.0 Å². The number of fused-ring (bicyclic) bond motifs is 1. The first-order chi connectivity index (χ1) is 9.04. The van der Waals surface area contributed by atoms with Crippen molar-refractivity contribution in [2.75, 3.05) is 11.4 Å². The zero-order chi connectivity index (χ0) is 13.6. The van der Waals surface area contributed by atoms with Gasteiger partial charge in [-0.15, -0.1) is 0 Å². The molecule has 1 saturated heterocycles.